The molecule has 24 heteroatoms. The van der Waals surface area contributed by atoms with Crippen molar-refractivity contribution in [3.05, 3.63) is 194 Å². The number of nitrogens with one attached hydrogen (secondary N) is 2. The lowest BCUT2D eigenvalue weighted by atomic mass is 9.99. The quantitative estimate of drug-likeness (QED) is 0.0470. The highest BCUT2D eigenvalue weighted by molar-refractivity contribution is 5.99. The molecule has 9 heterocycles. The monoisotopic (exact) mass is 1350 g/mol. The minimum atomic E-state index is -0.982. The Labute approximate surface area is 577 Å². The van der Waals surface area contributed by atoms with Gasteiger partial charge < -0.3 is 68.7 Å². The second kappa shape index (κ2) is 33.4. The van der Waals surface area contributed by atoms with Crippen LogP contribution in [0.15, 0.2) is 179 Å². The maximum absolute atomic E-state index is 13.2. The van der Waals surface area contributed by atoms with Crippen LogP contribution in [0.2, 0.25) is 0 Å². The summed E-state index contributed by atoms with van der Waals surface area (Å²) in [4.78, 5) is 87.1. The molecule has 3 saturated heterocycles. The van der Waals surface area contributed by atoms with E-state index in [0.29, 0.717) is 39.7 Å². The predicted molar refractivity (Wildman–Crippen MR) is 386 cm³/mol. The highest BCUT2D eigenvalue weighted by Gasteiger charge is 2.23. The van der Waals surface area contributed by atoms with Gasteiger partial charge in [-0.2, -0.15) is 0 Å². The van der Waals surface area contributed by atoms with Crippen molar-refractivity contribution in [2.75, 3.05) is 136 Å². The number of carbonyl (C=O) groups is 5. The fourth-order valence-corrected chi connectivity index (χ4v) is 10.8. The Morgan fingerprint density at radius 3 is 1.14 bits per heavy atom. The van der Waals surface area contributed by atoms with E-state index in [4.69, 9.17) is 39.3 Å². The van der Waals surface area contributed by atoms with Gasteiger partial charge in [-0.05, 0) is 181 Å². The normalized spacial score (nSPS) is 14.5. The number of benzene rings is 3. The molecule has 6 aromatic heterocycles. The van der Waals surface area contributed by atoms with Gasteiger partial charge in [0, 0.05) is 119 Å². The summed E-state index contributed by atoms with van der Waals surface area (Å²) in [6, 6.07) is 33.1. The Hall–Kier alpha value is -10.8. The Kier molecular flexibility index (Phi) is 24.5. The standard InChI is InChI=1S/C27H32N4O4.C22H24N4O2.C15H18N2O3.C11H15N3O2/c1-27(2,3)35-26(33)29-23-7-5-19(20-9-14-34-18-20)15-21(23)16-25(32)24-8-6-22(17-28-24)31-12-10-30(4)11-13-31;1-25-7-9-26(10-8-25)19-3-5-21(24-14-19)22(27)13-18-12-16(2-4-20(18)23)17-6-11-28-15-17;1-15(2,3)20-14(18)17-13-5-4-10(8-12(13)16)11-6-7-19-9-11;1-13-4-6-14(7-5-13)9-2-3-10(11(15)16)12-8-9/h5-9,14-15,17-18H,10-13,16H2,1-4H3,(H,29,33);2-6,11-12,14-15H,7-10,13,23H2,1H3;4-9H,16H2,1-3H3,(H,17,18);2-3,8H,4-7H2,1H3,(H,15,16). The molecule has 0 atom stereocenters. The third-order valence-electron chi connectivity index (χ3n) is 16.5. The minimum absolute atomic E-state index is 0.0408. The number of hydrogen-bond acceptors (Lipinski definition) is 21. The maximum Gasteiger partial charge on any atom is 0.412 e. The number of amides is 2. The zero-order valence-corrected chi connectivity index (χ0v) is 57.7. The molecule has 24 nitrogen and oxygen atoms in total. The van der Waals surface area contributed by atoms with Crippen LogP contribution in [0.5, 0.6) is 0 Å². The van der Waals surface area contributed by atoms with Gasteiger partial charge in [0.1, 0.15) is 28.3 Å². The van der Waals surface area contributed by atoms with Crippen LogP contribution in [0.3, 0.4) is 0 Å². The third-order valence-corrected chi connectivity index (χ3v) is 16.5. The number of anilines is 7. The molecule has 3 aromatic carbocycles. The lowest BCUT2D eigenvalue weighted by Gasteiger charge is -2.33. The average molecular weight is 1350 g/mol. The number of rotatable bonds is 15. The van der Waals surface area contributed by atoms with E-state index in [1.807, 2.05) is 78.9 Å². The van der Waals surface area contributed by atoms with E-state index in [-0.39, 0.29) is 30.1 Å². The molecular weight excluding hydrogens is 1260 g/mol. The van der Waals surface area contributed by atoms with Crippen molar-refractivity contribution < 1.29 is 51.8 Å². The van der Waals surface area contributed by atoms with Gasteiger partial charge in [-0.25, -0.2) is 19.4 Å². The summed E-state index contributed by atoms with van der Waals surface area (Å²) in [6.45, 7) is 22.7. The first-order valence-corrected chi connectivity index (χ1v) is 32.8. The average Bonchev–Trinajstić information content (AvgIpc) is 1.76. The van der Waals surface area contributed by atoms with Gasteiger partial charge in [-0.15, -0.1) is 0 Å². The zero-order chi connectivity index (χ0) is 70.8. The maximum atomic E-state index is 13.2. The van der Waals surface area contributed by atoms with Crippen molar-refractivity contribution >= 4 is 69.5 Å². The molecule has 12 rings (SSSR count). The number of Topliss-reactive ketones (excluding diaryl/α,β-unsaturated/α-hetero) is 2. The second-order valence-corrected chi connectivity index (χ2v) is 26.5. The molecule has 3 fully saturated rings. The molecule has 0 bridgehead atoms. The molecule has 3 aliphatic rings. The molecule has 99 heavy (non-hydrogen) atoms. The number of ketones is 2. The number of nitrogens with zero attached hydrogens (tertiary/aromatic N) is 9. The highest BCUT2D eigenvalue weighted by atomic mass is 16.6. The molecule has 0 radical (unpaired) electrons. The van der Waals surface area contributed by atoms with Crippen molar-refractivity contribution in [2.24, 2.45) is 0 Å². The fraction of sp³-hybridized carbons (Fsp3) is 0.333. The summed E-state index contributed by atoms with van der Waals surface area (Å²) in [5.74, 6) is -1.16. The van der Waals surface area contributed by atoms with E-state index < -0.39 is 29.4 Å². The van der Waals surface area contributed by atoms with E-state index in [0.717, 1.165) is 135 Å². The summed E-state index contributed by atoms with van der Waals surface area (Å²) >= 11 is 0. The van der Waals surface area contributed by atoms with Crippen molar-refractivity contribution in [3.8, 4) is 33.4 Å². The number of piperazine rings is 3. The molecular formula is C75H89N13O11. The molecule has 9 aromatic rings. The summed E-state index contributed by atoms with van der Waals surface area (Å²) in [5.41, 5.74) is 24.0. The molecule has 520 valence electrons. The number of carboxylic acid groups (broad SMARTS) is 1. The predicted octanol–water partition coefficient (Wildman–Crippen LogP) is 12.4. The number of pyridine rings is 3. The number of furan rings is 3. The minimum Gasteiger partial charge on any atom is -0.477 e. The van der Waals surface area contributed by atoms with Gasteiger partial charge in [-0.3, -0.25) is 30.2 Å². The smallest absolute Gasteiger partial charge is 0.412 e. The van der Waals surface area contributed by atoms with E-state index in [9.17, 15) is 24.0 Å². The van der Waals surface area contributed by atoms with Crippen molar-refractivity contribution in [1.82, 2.24) is 29.7 Å². The molecule has 0 saturated carbocycles. The number of nitrogens with two attached hydrogens (primary N) is 2. The van der Waals surface area contributed by atoms with Crippen LogP contribution in [0.25, 0.3) is 33.4 Å². The number of carbonyl (C=O) groups excluding carboxylic acids is 4. The molecule has 2 amide bonds. The van der Waals surface area contributed by atoms with Crippen molar-refractivity contribution in [2.45, 2.75) is 65.6 Å². The van der Waals surface area contributed by atoms with E-state index in [1.165, 1.54) is 0 Å². The number of aromatic nitrogens is 3. The molecule has 0 unspecified atom stereocenters. The van der Waals surface area contributed by atoms with Crippen LogP contribution in [0, 0.1) is 0 Å². The van der Waals surface area contributed by atoms with Crippen LogP contribution in [-0.4, -0.2) is 175 Å². The van der Waals surface area contributed by atoms with Crippen molar-refractivity contribution in [1.29, 1.82) is 0 Å². The number of nitrogen functional groups attached to an aromatic ring is 2. The summed E-state index contributed by atoms with van der Waals surface area (Å²) < 4.78 is 25.9. The van der Waals surface area contributed by atoms with Gasteiger partial charge in [0.05, 0.1) is 84.6 Å². The number of likely N-dealkylation sites (N-methyl/N-ethyl adjacent to an activating group) is 3. The van der Waals surface area contributed by atoms with Crippen molar-refractivity contribution in [3.63, 3.8) is 0 Å². The van der Waals surface area contributed by atoms with Crippen LogP contribution in [0.1, 0.15) is 84.1 Å². The first-order valence-electron chi connectivity index (χ1n) is 32.8. The Balaban J connectivity index is 0.000000161. The van der Waals surface area contributed by atoms with E-state index >= 15 is 0 Å². The fourth-order valence-electron chi connectivity index (χ4n) is 10.8. The number of hydrogen-bond donors (Lipinski definition) is 5. The summed E-state index contributed by atoms with van der Waals surface area (Å²) in [6.07, 6.45) is 14.2. The number of carboxylic acids is 1. The third kappa shape index (κ3) is 21.6. The van der Waals surface area contributed by atoms with E-state index in [2.05, 4.69) is 76.1 Å². The molecule has 0 spiro atoms. The van der Waals surface area contributed by atoms with Crippen LogP contribution in [0.4, 0.5) is 49.4 Å². The van der Waals surface area contributed by atoms with Crippen LogP contribution in [-0.2, 0) is 22.3 Å². The zero-order valence-electron chi connectivity index (χ0n) is 57.7. The van der Waals surface area contributed by atoms with Gasteiger partial charge in [0.2, 0.25) is 0 Å². The van der Waals surface area contributed by atoms with E-state index in [1.54, 1.807) is 128 Å². The largest absolute Gasteiger partial charge is 0.477 e. The lowest BCUT2D eigenvalue weighted by Crippen LogP contribution is -2.44. The first-order chi connectivity index (χ1) is 47.3. The Morgan fingerprint density at radius 1 is 0.434 bits per heavy atom. The Bertz CT molecular complexity index is 4090. The SMILES string of the molecule is CC(C)(C)OC(=O)Nc1ccc(-c2ccoc2)cc1N.CN1CCN(c2ccc(C(=O)Cc3cc(-c4ccoc4)ccc3N)nc2)CC1.CN1CCN(c2ccc(C(=O)Cc3cc(-c4ccoc4)ccc3NC(=O)OC(C)(C)C)nc2)CC1.CN1CCN(c2ccc(C(=O)O)nc2)CC1. The van der Waals surface area contributed by atoms with Crippen LogP contribution >= 0.6 is 0 Å². The Morgan fingerprint density at radius 2 is 0.788 bits per heavy atom. The number of ether oxygens (including phenoxy) is 2. The molecule has 0 aliphatic carbocycles. The molecule has 3 aliphatic heterocycles. The van der Waals surface area contributed by atoms with Crippen LogP contribution < -0.4 is 36.8 Å². The van der Waals surface area contributed by atoms with Gasteiger partial charge in [0.15, 0.2) is 11.6 Å². The van der Waals surface area contributed by atoms with Gasteiger partial charge >= 0.3 is 18.2 Å². The molecule has 7 N–H and O–H groups in total. The van der Waals surface area contributed by atoms with Gasteiger partial charge in [0.25, 0.3) is 0 Å². The lowest BCUT2D eigenvalue weighted by molar-refractivity contribution is 0.0624. The van der Waals surface area contributed by atoms with Gasteiger partial charge in [-0.1, -0.05) is 18.2 Å². The second-order valence-electron chi connectivity index (χ2n) is 26.5. The highest BCUT2D eigenvalue weighted by Crippen LogP contribution is 2.31. The summed E-state index contributed by atoms with van der Waals surface area (Å²) in [5, 5.41) is 14.2. The number of aromatic carboxylic acids is 1. The summed E-state index contributed by atoms with van der Waals surface area (Å²) in [7, 11) is 6.35. The topological polar surface area (TPSA) is 298 Å². The first kappa shape index (κ1) is 72.4.